The summed E-state index contributed by atoms with van der Waals surface area (Å²) in [5, 5.41) is 6.41. The van der Waals surface area contributed by atoms with Crippen molar-refractivity contribution in [3.8, 4) is 11.5 Å². The topological polar surface area (TPSA) is 59.6 Å². The van der Waals surface area contributed by atoms with E-state index in [1.54, 1.807) is 0 Å². The molecule has 126 valence electrons. The van der Waals surface area contributed by atoms with Crippen molar-refractivity contribution in [1.82, 2.24) is 10.6 Å². The molecule has 0 aromatic heterocycles. The van der Waals surface area contributed by atoms with E-state index in [-0.39, 0.29) is 17.4 Å². The molecule has 0 radical (unpaired) electrons. The second kappa shape index (κ2) is 6.79. The van der Waals surface area contributed by atoms with Crippen molar-refractivity contribution in [3.05, 3.63) is 23.8 Å². The molecule has 2 N–H and O–H groups in total. The molecule has 1 atom stereocenters. The summed E-state index contributed by atoms with van der Waals surface area (Å²) in [6.07, 6.45) is 3.00. The van der Waals surface area contributed by atoms with Gasteiger partial charge in [-0.15, -0.1) is 0 Å². The highest BCUT2D eigenvalue weighted by Gasteiger charge is 2.36. The third-order valence-corrected chi connectivity index (χ3v) is 4.71. The molecule has 23 heavy (non-hydrogen) atoms. The lowest BCUT2D eigenvalue weighted by atomic mass is 9.77. The maximum atomic E-state index is 12.4. The lowest BCUT2D eigenvalue weighted by Crippen LogP contribution is -2.55. The largest absolute Gasteiger partial charge is 0.486 e. The summed E-state index contributed by atoms with van der Waals surface area (Å²) in [5.41, 5.74) is 1.16. The van der Waals surface area contributed by atoms with Gasteiger partial charge in [0.15, 0.2) is 11.5 Å². The first-order valence-electron chi connectivity index (χ1n) is 8.46. The van der Waals surface area contributed by atoms with E-state index in [2.05, 4.69) is 24.5 Å². The highest BCUT2D eigenvalue weighted by molar-refractivity contribution is 5.82. The van der Waals surface area contributed by atoms with Crippen molar-refractivity contribution in [2.75, 3.05) is 26.3 Å². The molecular weight excluding hydrogens is 292 g/mol. The first kappa shape index (κ1) is 16.1. The molecule has 1 unspecified atom stereocenters. The van der Waals surface area contributed by atoms with Crippen LogP contribution in [0.4, 0.5) is 0 Å². The number of rotatable bonds is 4. The molecule has 2 aliphatic heterocycles. The summed E-state index contributed by atoms with van der Waals surface area (Å²) in [7, 11) is 0. The molecule has 1 fully saturated rings. The average molecular weight is 318 g/mol. The number of fused-ring (bicyclic) bond motifs is 1. The normalized spacial score (nSPS) is 22.4. The number of piperidine rings is 1. The molecule has 5 nitrogen and oxygen atoms in total. The summed E-state index contributed by atoms with van der Waals surface area (Å²) < 4.78 is 11.1. The number of nitrogens with one attached hydrogen (secondary N) is 2. The average Bonchev–Trinajstić information content (AvgIpc) is 2.54. The van der Waals surface area contributed by atoms with Crippen LogP contribution < -0.4 is 20.1 Å². The van der Waals surface area contributed by atoms with Crippen molar-refractivity contribution in [3.63, 3.8) is 0 Å². The predicted molar refractivity (Wildman–Crippen MR) is 89.0 cm³/mol. The number of benzene rings is 1. The number of hydrogen-bond donors (Lipinski definition) is 2. The van der Waals surface area contributed by atoms with Gasteiger partial charge < -0.3 is 20.1 Å². The maximum Gasteiger partial charge on any atom is 0.237 e. The van der Waals surface area contributed by atoms with E-state index < -0.39 is 0 Å². The number of carbonyl (C=O) groups is 1. The number of amides is 1. The fraction of sp³-hybridized carbons (Fsp3) is 0.611. The summed E-state index contributed by atoms with van der Waals surface area (Å²) in [5.74, 6) is 1.71. The molecule has 0 bridgehead atoms. The lowest BCUT2D eigenvalue weighted by Gasteiger charge is -2.38. The molecule has 5 heteroatoms. The van der Waals surface area contributed by atoms with Crippen molar-refractivity contribution in [1.29, 1.82) is 0 Å². The second-order valence-electron chi connectivity index (χ2n) is 7.00. The Bertz CT molecular complexity index is 571. The van der Waals surface area contributed by atoms with E-state index in [0.717, 1.165) is 42.9 Å². The van der Waals surface area contributed by atoms with Crippen LogP contribution >= 0.6 is 0 Å². The van der Waals surface area contributed by atoms with Crippen LogP contribution in [0.5, 0.6) is 11.5 Å². The SMILES string of the molecule is CC1(C)CCCNC1C(=O)NCCc1ccc2c(c1)OCCO2. The molecule has 0 spiro atoms. The monoisotopic (exact) mass is 318 g/mol. The molecule has 0 aliphatic carbocycles. The Hall–Kier alpha value is -1.75. The van der Waals surface area contributed by atoms with E-state index in [4.69, 9.17) is 9.47 Å². The third kappa shape index (κ3) is 3.78. The molecule has 1 saturated heterocycles. The van der Waals surface area contributed by atoms with Crippen molar-refractivity contribution in [2.45, 2.75) is 39.2 Å². The van der Waals surface area contributed by atoms with Crippen molar-refractivity contribution in [2.24, 2.45) is 5.41 Å². The number of ether oxygens (including phenoxy) is 2. The highest BCUT2D eigenvalue weighted by Crippen LogP contribution is 2.31. The van der Waals surface area contributed by atoms with Gasteiger partial charge in [0.1, 0.15) is 13.2 Å². The Labute approximate surface area is 137 Å². The second-order valence-corrected chi connectivity index (χ2v) is 7.00. The first-order valence-corrected chi connectivity index (χ1v) is 8.46. The van der Waals surface area contributed by atoms with E-state index in [1.807, 2.05) is 18.2 Å². The Balaban J connectivity index is 1.52. The maximum absolute atomic E-state index is 12.4. The van der Waals surface area contributed by atoms with Crippen LogP contribution in [-0.2, 0) is 11.2 Å². The smallest absolute Gasteiger partial charge is 0.237 e. The van der Waals surface area contributed by atoms with Gasteiger partial charge in [-0.25, -0.2) is 0 Å². The standard InChI is InChI=1S/C18H26N2O3/c1-18(2)7-3-8-19-16(18)17(21)20-9-6-13-4-5-14-15(12-13)23-11-10-22-14/h4-5,12,16,19H,3,6-11H2,1-2H3,(H,20,21). The van der Waals surface area contributed by atoms with Gasteiger partial charge in [0.2, 0.25) is 5.91 Å². The quantitative estimate of drug-likeness (QED) is 0.890. The Morgan fingerprint density at radius 3 is 2.87 bits per heavy atom. The van der Waals surface area contributed by atoms with E-state index in [1.165, 1.54) is 0 Å². The molecular formula is C18H26N2O3. The van der Waals surface area contributed by atoms with Gasteiger partial charge in [0.25, 0.3) is 0 Å². The van der Waals surface area contributed by atoms with Crippen LogP contribution in [0.15, 0.2) is 18.2 Å². The summed E-state index contributed by atoms with van der Waals surface area (Å²) in [6.45, 7) is 7.06. The van der Waals surface area contributed by atoms with E-state index in [9.17, 15) is 4.79 Å². The molecule has 2 aliphatic rings. The van der Waals surface area contributed by atoms with Crippen LogP contribution in [0.25, 0.3) is 0 Å². The van der Waals surface area contributed by atoms with E-state index >= 15 is 0 Å². The first-order chi connectivity index (χ1) is 11.1. The van der Waals surface area contributed by atoms with Gasteiger partial charge in [-0.05, 0) is 48.9 Å². The van der Waals surface area contributed by atoms with Crippen molar-refractivity contribution >= 4 is 5.91 Å². The lowest BCUT2D eigenvalue weighted by molar-refractivity contribution is -0.126. The highest BCUT2D eigenvalue weighted by atomic mass is 16.6. The minimum absolute atomic E-state index is 0.0132. The molecule has 2 heterocycles. The van der Waals surface area contributed by atoms with Crippen LogP contribution in [0.1, 0.15) is 32.3 Å². The minimum atomic E-state index is -0.100. The predicted octanol–water partition coefficient (Wildman–Crippen LogP) is 1.89. The number of carbonyl (C=O) groups excluding carboxylic acids is 1. The zero-order chi connectivity index (χ0) is 16.3. The number of hydrogen-bond acceptors (Lipinski definition) is 4. The molecule has 3 rings (SSSR count). The van der Waals surface area contributed by atoms with Crippen LogP contribution in [-0.4, -0.2) is 38.3 Å². The summed E-state index contributed by atoms with van der Waals surface area (Å²) in [4.78, 5) is 12.4. The Morgan fingerprint density at radius 2 is 2.09 bits per heavy atom. The van der Waals surface area contributed by atoms with E-state index in [0.29, 0.717) is 19.8 Å². The molecule has 0 saturated carbocycles. The van der Waals surface area contributed by atoms with Crippen LogP contribution in [0.2, 0.25) is 0 Å². The van der Waals surface area contributed by atoms with Gasteiger partial charge >= 0.3 is 0 Å². The van der Waals surface area contributed by atoms with Crippen molar-refractivity contribution < 1.29 is 14.3 Å². The molecule has 1 amide bonds. The minimum Gasteiger partial charge on any atom is -0.486 e. The van der Waals surface area contributed by atoms with Gasteiger partial charge in [-0.1, -0.05) is 19.9 Å². The van der Waals surface area contributed by atoms with Gasteiger partial charge in [-0.3, -0.25) is 4.79 Å². The fourth-order valence-electron chi connectivity index (χ4n) is 3.33. The van der Waals surface area contributed by atoms with Crippen LogP contribution in [0, 0.1) is 5.41 Å². The zero-order valence-electron chi connectivity index (χ0n) is 14.0. The van der Waals surface area contributed by atoms with Gasteiger partial charge in [0.05, 0.1) is 6.04 Å². The fourth-order valence-corrected chi connectivity index (χ4v) is 3.33. The van der Waals surface area contributed by atoms with Gasteiger partial charge in [-0.2, -0.15) is 0 Å². The molecule has 1 aromatic rings. The summed E-state index contributed by atoms with van der Waals surface area (Å²) >= 11 is 0. The molecule has 1 aromatic carbocycles. The summed E-state index contributed by atoms with van der Waals surface area (Å²) in [6, 6.07) is 5.88. The van der Waals surface area contributed by atoms with Gasteiger partial charge in [0, 0.05) is 6.54 Å². The Morgan fingerprint density at radius 1 is 1.30 bits per heavy atom. The van der Waals surface area contributed by atoms with Crippen LogP contribution in [0.3, 0.4) is 0 Å². The zero-order valence-corrected chi connectivity index (χ0v) is 14.0. The Kier molecular flexibility index (Phi) is 4.76. The third-order valence-electron chi connectivity index (χ3n) is 4.71.